The summed E-state index contributed by atoms with van der Waals surface area (Å²) in [4.78, 5) is 18.0. The molecule has 0 aromatic heterocycles. The molecular weight excluding hydrogens is 393 g/mol. The Morgan fingerprint density at radius 3 is 2.55 bits per heavy atom. The number of hydrogen-bond donors (Lipinski definition) is 1. The fraction of sp³-hybridized carbons (Fsp3) is 0.500. The first-order chi connectivity index (χ1) is 10.1. The number of aliphatic imine (C=N–C) groups is 1. The first-order valence-corrected chi connectivity index (χ1v) is 7.19. The van der Waals surface area contributed by atoms with Crippen molar-refractivity contribution in [1.29, 1.82) is 0 Å². The fourth-order valence-electron chi connectivity index (χ4n) is 1.90. The molecule has 5 nitrogen and oxygen atoms in total. The maximum atomic E-state index is 11.4. The molecule has 0 fully saturated rings. The van der Waals surface area contributed by atoms with Gasteiger partial charge in [0, 0.05) is 20.1 Å². The van der Waals surface area contributed by atoms with Crippen molar-refractivity contribution in [3.8, 4) is 0 Å². The summed E-state index contributed by atoms with van der Waals surface area (Å²) < 4.78 is 4.72. The topological polar surface area (TPSA) is 53.9 Å². The van der Waals surface area contributed by atoms with E-state index in [-0.39, 0.29) is 35.9 Å². The van der Waals surface area contributed by atoms with Crippen molar-refractivity contribution >= 4 is 35.9 Å². The second-order valence-electron chi connectivity index (χ2n) is 4.96. The minimum atomic E-state index is -0.242. The summed E-state index contributed by atoms with van der Waals surface area (Å²) >= 11 is 0. The second-order valence-corrected chi connectivity index (χ2v) is 4.96. The van der Waals surface area contributed by atoms with Crippen LogP contribution in [0.2, 0.25) is 0 Å². The van der Waals surface area contributed by atoms with Crippen molar-refractivity contribution in [1.82, 2.24) is 10.2 Å². The van der Waals surface area contributed by atoms with Crippen LogP contribution in [0.3, 0.4) is 0 Å². The van der Waals surface area contributed by atoms with E-state index in [0.29, 0.717) is 6.54 Å². The highest BCUT2D eigenvalue weighted by Crippen LogP contribution is 2.04. The predicted octanol–water partition coefficient (Wildman–Crippen LogP) is 2.51. The molecule has 124 valence electrons. The molecule has 1 aromatic carbocycles. The average molecular weight is 419 g/mol. The third-order valence-corrected chi connectivity index (χ3v) is 3.08. The Bertz CT molecular complexity index is 466. The van der Waals surface area contributed by atoms with Crippen LogP contribution in [-0.2, 0) is 16.1 Å². The van der Waals surface area contributed by atoms with Gasteiger partial charge in [-0.2, -0.15) is 0 Å². The van der Waals surface area contributed by atoms with Crippen molar-refractivity contribution < 1.29 is 9.53 Å². The van der Waals surface area contributed by atoms with Crippen LogP contribution in [0.1, 0.15) is 19.4 Å². The quantitative estimate of drug-likeness (QED) is 0.333. The molecule has 0 saturated carbocycles. The lowest BCUT2D eigenvalue weighted by atomic mass is 10.2. The smallest absolute Gasteiger partial charge is 0.310 e. The van der Waals surface area contributed by atoms with Gasteiger partial charge in [-0.3, -0.25) is 9.79 Å². The van der Waals surface area contributed by atoms with Crippen molar-refractivity contribution in [2.24, 2.45) is 10.9 Å². The normalized spacial score (nSPS) is 12.1. The maximum absolute atomic E-state index is 11.4. The molecule has 0 heterocycles. The third-order valence-electron chi connectivity index (χ3n) is 3.08. The second kappa shape index (κ2) is 11.3. The lowest BCUT2D eigenvalue weighted by molar-refractivity contribution is -0.144. The molecule has 1 rings (SSSR count). The summed E-state index contributed by atoms with van der Waals surface area (Å²) in [5.41, 5.74) is 1.21. The average Bonchev–Trinajstić information content (AvgIpc) is 2.51. The highest BCUT2D eigenvalue weighted by molar-refractivity contribution is 14.0. The molecule has 6 heteroatoms. The lowest BCUT2D eigenvalue weighted by Crippen LogP contribution is -2.39. The van der Waals surface area contributed by atoms with E-state index in [0.717, 1.165) is 19.0 Å². The number of carbonyl (C=O) groups excluding carboxylic acids is 1. The number of nitrogens with zero attached hydrogens (tertiary/aromatic N) is 2. The van der Waals surface area contributed by atoms with E-state index in [9.17, 15) is 4.79 Å². The Labute approximate surface area is 150 Å². The summed E-state index contributed by atoms with van der Waals surface area (Å²) in [6.45, 7) is 5.80. The molecular formula is C16H26IN3O2. The van der Waals surface area contributed by atoms with E-state index in [2.05, 4.69) is 22.4 Å². The number of methoxy groups -OCH3 is 1. The predicted molar refractivity (Wildman–Crippen MR) is 100 cm³/mol. The first-order valence-electron chi connectivity index (χ1n) is 7.19. The van der Waals surface area contributed by atoms with Gasteiger partial charge in [0.15, 0.2) is 5.96 Å². The van der Waals surface area contributed by atoms with Gasteiger partial charge in [0.25, 0.3) is 0 Å². The molecule has 0 amide bonds. The fourth-order valence-corrected chi connectivity index (χ4v) is 1.90. The van der Waals surface area contributed by atoms with Crippen LogP contribution in [0, 0.1) is 5.92 Å². The number of nitrogens with one attached hydrogen (secondary N) is 1. The minimum Gasteiger partial charge on any atom is -0.469 e. The Kier molecular flexibility index (Phi) is 10.6. The van der Waals surface area contributed by atoms with Crippen LogP contribution in [0.15, 0.2) is 35.3 Å². The molecule has 0 spiro atoms. The largest absolute Gasteiger partial charge is 0.469 e. The molecule has 0 aliphatic rings. The monoisotopic (exact) mass is 419 g/mol. The van der Waals surface area contributed by atoms with Gasteiger partial charge in [-0.25, -0.2) is 0 Å². The van der Waals surface area contributed by atoms with Crippen LogP contribution < -0.4 is 5.32 Å². The van der Waals surface area contributed by atoms with Gasteiger partial charge in [0.1, 0.15) is 0 Å². The number of benzene rings is 1. The number of hydrogen-bond acceptors (Lipinski definition) is 3. The zero-order chi connectivity index (χ0) is 15.7. The van der Waals surface area contributed by atoms with E-state index < -0.39 is 0 Å². The van der Waals surface area contributed by atoms with Gasteiger partial charge < -0.3 is 15.0 Å². The van der Waals surface area contributed by atoms with E-state index in [4.69, 9.17) is 4.74 Å². The van der Waals surface area contributed by atoms with Gasteiger partial charge in [0.2, 0.25) is 0 Å². The Morgan fingerprint density at radius 2 is 2.00 bits per heavy atom. The SMILES string of the molecule is CCNC(=NCC(C)C(=O)OC)N(C)Cc1ccccc1.I. The van der Waals surface area contributed by atoms with Crippen LogP contribution >= 0.6 is 24.0 Å². The standard InChI is InChI=1S/C16H25N3O2.HI/c1-5-17-16(18-11-13(2)15(20)21-4)19(3)12-14-9-7-6-8-10-14;/h6-10,13H,5,11-12H2,1-4H3,(H,17,18);1H. The third kappa shape index (κ3) is 7.11. The van der Waals surface area contributed by atoms with E-state index >= 15 is 0 Å². The van der Waals surface area contributed by atoms with Gasteiger partial charge in [-0.15, -0.1) is 24.0 Å². The number of esters is 1. The maximum Gasteiger partial charge on any atom is 0.310 e. The van der Waals surface area contributed by atoms with Crippen molar-refractivity contribution in [3.63, 3.8) is 0 Å². The lowest BCUT2D eigenvalue weighted by Gasteiger charge is -2.22. The zero-order valence-corrected chi connectivity index (χ0v) is 16.0. The molecule has 22 heavy (non-hydrogen) atoms. The molecule has 0 bridgehead atoms. The first kappa shape index (κ1) is 20.7. The highest BCUT2D eigenvalue weighted by atomic mass is 127. The van der Waals surface area contributed by atoms with Crippen LogP contribution in [-0.4, -0.2) is 44.1 Å². The molecule has 1 unspecified atom stereocenters. The molecule has 1 N–H and O–H groups in total. The Morgan fingerprint density at radius 1 is 1.36 bits per heavy atom. The number of guanidine groups is 1. The number of halogens is 1. The molecule has 0 aliphatic heterocycles. The van der Waals surface area contributed by atoms with Gasteiger partial charge in [-0.1, -0.05) is 37.3 Å². The zero-order valence-electron chi connectivity index (χ0n) is 13.7. The van der Waals surface area contributed by atoms with Crippen LogP contribution in [0.5, 0.6) is 0 Å². The summed E-state index contributed by atoms with van der Waals surface area (Å²) in [5, 5.41) is 3.24. The van der Waals surface area contributed by atoms with Crippen molar-refractivity contribution in [3.05, 3.63) is 35.9 Å². The minimum absolute atomic E-state index is 0. The van der Waals surface area contributed by atoms with Crippen molar-refractivity contribution in [2.75, 3.05) is 27.2 Å². The number of rotatable bonds is 6. The summed E-state index contributed by atoms with van der Waals surface area (Å²) in [6, 6.07) is 10.2. The number of ether oxygens (including phenoxy) is 1. The van der Waals surface area contributed by atoms with Gasteiger partial charge >= 0.3 is 5.97 Å². The van der Waals surface area contributed by atoms with Gasteiger partial charge in [0.05, 0.1) is 19.6 Å². The van der Waals surface area contributed by atoms with Crippen molar-refractivity contribution in [2.45, 2.75) is 20.4 Å². The Balaban J connectivity index is 0.00000441. The van der Waals surface area contributed by atoms with Crippen LogP contribution in [0.4, 0.5) is 0 Å². The highest BCUT2D eigenvalue weighted by Gasteiger charge is 2.13. The van der Waals surface area contributed by atoms with E-state index in [1.54, 1.807) is 0 Å². The Hall–Kier alpha value is -1.31. The molecule has 0 radical (unpaired) electrons. The molecule has 1 aromatic rings. The van der Waals surface area contributed by atoms with Crippen LogP contribution in [0.25, 0.3) is 0 Å². The summed E-state index contributed by atoms with van der Waals surface area (Å²) in [6.07, 6.45) is 0. The molecule has 1 atom stereocenters. The van der Waals surface area contributed by atoms with E-state index in [1.165, 1.54) is 12.7 Å². The van der Waals surface area contributed by atoms with Gasteiger partial charge in [-0.05, 0) is 12.5 Å². The molecule has 0 aliphatic carbocycles. The molecule has 0 saturated heterocycles. The number of carbonyl (C=O) groups is 1. The van der Waals surface area contributed by atoms with E-state index in [1.807, 2.05) is 44.0 Å². The summed E-state index contributed by atoms with van der Waals surface area (Å²) in [5.74, 6) is 0.311. The summed E-state index contributed by atoms with van der Waals surface area (Å²) in [7, 11) is 3.38.